The van der Waals surface area contributed by atoms with Gasteiger partial charge in [-0.1, -0.05) is 0 Å². The minimum atomic E-state index is -0.852. The summed E-state index contributed by atoms with van der Waals surface area (Å²) < 4.78 is 0. The van der Waals surface area contributed by atoms with E-state index >= 15 is 0 Å². The standard InChI is InChI=1S/C8H13NO2/c1-7(6-8(10)11)9-4-2-3-5-9/h6H,2-5H2,1H3,(H,10,11)/b7-6-. The normalized spacial score (nSPS) is 19.0. The summed E-state index contributed by atoms with van der Waals surface area (Å²) in [5, 5.41) is 8.44. The van der Waals surface area contributed by atoms with Crippen LogP contribution < -0.4 is 0 Å². The Hall–Kier alpha value is -0.990. The lowest BCUT2D eigenvalue weighted by molar-refractivity contribution is -0.131. The van der Waals surface area contributed by atoms with Gasteiger partial charge in [-0.05, 0) is 19.8 Å². The molecular weight excluding hydrogens is 142 g/mol. The van der Waals surface area contributed by atoms with E-state index in [-0.39, 0.29) is 0 Å². The number of carboxylic acid groups (broad SMARTS) is 1. The molecule has 1 aliphatic heterocycles. The predicted molar refractivity (Wildman–Crippen MR) is 42.2 cm³/mol. The minimum absolute atomic E-state index is 0.852. The molecule has 62 valence electrons. The Balaban J connectivity index is 2.51. The molecule has 1 saturated heterocycles. The molecule has 3 nitrogen and oxygen atoms in total. The zero-order chi connectivity index (χ0) is 8.27. The van der Waals surface area contributed by atoms with E-state index in [4.69, 9.17) is 5.11 Å². The molecule has 0 aromatic rings. The summed E-state index contributed by atoms with van der Waals surface area (Å²) >= 11 is 0. The largest absolute Gasteiger partial charge is 0.478 e. The van der Waals surface area contributed by atoms with Gasteiger partial charge in [-0.15, -0.1) is 0 Å². The first-order chi connectivity index (χ1) is 5.20. The van der Waals surface area contributed by atoms with Crippen LogP contribution in [0.3, 0.4) is 0 Å². The van der Waals surface area contributed by atoms with Gasteiger partial charge in [0, 0.05) is 24.9 Å². The number of hydrogen-bond acceptors (Lipinski definition) is 2. The summed E-state index contributed by atoms with van der Waals surface area (Å²) in [4.78, 5) is 12.4. The van der Waals surface area contributed by atoms with E-state index in [1.165, 1.54) is 18.9 Å². The van der Waals surface area contributed by atoms with E-state index in [1.807, 2.05) is 6.92 Å². The van der Waals surface area contributed by atoms with Crippen molar-refractivity contribution in [1.82, 2.24) is 4.90 Å². The van der Waals surface area contributed by atoms with Gasteiger partial charge in [0.15, 0.2) is 0 Å². The number of hydrogen-bond donors (Lipinski definition) is 1. The van der Waals surface area contributed by atoms with Crippen LogP contribution in [0.1, 0.15) is 19.8 Å². The molecule has 1 aliphatic rings. The molecule has 0 spiro atoms. The third kappa shape index (κ3) is 2.26. The SMILES string of the molecule is C/C(=C/C(=O)O)N1CCCC1. The maximum Gasteiger partial charge on any atom is 0.330 e. The van der Waals surface area contributed by atoms with Crippen LogP contribution in [0.15, 0.2) is 11.8 Å². The van der Waals surface area contributed by atoms with E-state index in [1.54, 1.807) is 0 Å². The van der Waals surface area contributed by atoms with Crippen LogP contribution in [-0.2, 0) is 4.79 Å². The molecule has 1 rings (SSSR count). The number of rotatable bonds is 2. The molecule has 11 heavy (non-hydrogen) atoms. The van der Waals surface area contributed by atoms with Crippen molar-refractivity contribution in [1.29, 1.82) is 0 Å². The average Bonchev–Trinajstić information content (AvgIpc) is 2.35. The van der Waals surface area contributed by atoms with Gasteiger partial charge in [-0.2, -0.15) is 0 Å². The third-order valence-electron chi connectivity index (χ3n) is 1.94. The molecule has 3 heteroatoms. The second-order valence-corrected chi connectivity index (χ2v) is 2.82. The van der Waals surface area contributed by atoms with Crippen molar-refractivity contribution in [3.63, 3.8) is 0 Å². The van der Waals surface area contributed by atoms with E-state index in [0.29, 0.717) is 0 Å². The Bertz CT molecular complexity index is 181. The van der Waals surface area contributed by atoms with Gasteiger partial charge in [-0.25, -0.2) is 4.79 Å². The zero-order valence-corrected chi connectivity index (χ0v) is 6.71. The molecule has 0 saturated carbocycles. The summed E-state index contributed by atoms with van der Waals surface area (Å²) in [5.41, 5.74) is 0.870. The molecular formula is C8H13NO2. The van der Waals surface area contributed by atoms with Crippen molar-refractivity contribution in [2.24, 2.45) is 0 Å². The lowest BCUT2D eigenvalue weighted by Gasteiger charge is -2.16. The van der Waals surface area contributed by atoms with Crippen molar-refractivity contribution in [2.75, 3.05) is 13.1 Å². The van der Waals surface area contributed by atoms with E-state index in [0.717, 1.165) is 18.8 Å². The van der Waals surface area contributed by atoms with E-state index in [9.17, 15) is 4.79 Å². The first-order valence-corrected chi connectivity index (χ1v) is 3.86. The summed E-state index contributed by atoms with van der Waals surface area (Å²) in [7, 11) is 0. The molecule has 0 bridgehead atoms. The molecule has 0 aromatic carbocycles. The van der Waals surface area contributed by atoms with Crippen LogP contribution in [0.25, 0.3) is 0 Å². The Kier molecular flexibility index (Phi) is 2.52. The molecule has 0 amide bonds. The highest BCUT2D eigenvalue weighted by molar-refractivity contribution is 5.80. The fourth-order valence-electron chi connectivity index (χ4n) is 1.34. The fraction of sp³-hybridized carbons (Fsp3) is 0.625. The fourth-order valence-corrected chi connectivity index (χ4v) is 1.34. The summed E-state index contributed by atoms with van der Waals surface area (Å²) in [6.45, 7) is 3.87. The number of aliphatic carboxylic acids is 1. The Labute approximate surface area is 66.3 Å². The topological polar surface area (TPSA) is 40.5 Å². The second-order valence-electron chi connectivity index (χ2n) is 2.82. The van der Waals surface area contributed by atoms with E-state index < -0.39 is 5.97 Å². The molecule has 1 N–H and O–H groups in total. The number of nitrogens with zero attached hydrogens (tertiary/aromatic N) is 1. The quantitative estimate of drug-likeness (QED) is 0.606. The van der Waals surface area contributed by atoms with Gasteiger partial charge in [-0.3, -0.25) is 0 Å². The molecule has 0 aliphatic carbocycles. The predicted octanol–water partition coefficient (Wildman–Crippen LogP) is 1.07. The highest BCUT2D eigenvalue weighted by atomic mass is 16.4. The zero-order valence-electron chi connectivity index (χ0n) is 6.71. The molecule has 0 aromatic heterocycles. The number of carboxylic acids is 1. The van der Waals surface area contributed by atoms with Crippen LogP contribution in [0, 0.1) is 0 Å². The first-order valence-electron chi connectivity index (χ1n) is 3.86. The highest BCUT2D eigenvalue weighted by Gasteiger charge is 2.11. The molecule has 1 heterocycles. The summed E-state index contributed by atoms with van der Waals surface area (Å²) in [5.74, 6) is -0.852. The molecule has 0 atom stereocenters. The van der Waals surface area contributed by atoms with Crippen LogP contribution in [0.2, 0.25) is 0 Å². The Morgan fingerprint density at radius 3 is 2.45 bits per heavy atom. The van der Waals surface area contributed by atoms with Crippen LogP contribution in [0.5, 0.6) is 0 Å². The van der Waals surface area contributed by atoms with Crippen molar-refractivity contribution in [2.45, 2.75) is 19.8 Å². The van der Waals surface area contributed by atoms with Gasteiger partial charge in [0.1, 0.15) is 0 Å². The Morgan fingerprint density at radius 1 is 1.45 bits per heavy atom. The van der Waals surface area contributed by atoms with Crippen molar-refractivity contribution in [3.8, 4) is 0 Å². The van der Waals surface area contributed by atoms with Gasteiger partial charge >= 0.3 is 5.97 Å². The van der Waals surface area contributed by atoms with Crippen LogP contribution in [-0.4, -0.2) is 29.1 Å². The number of carbonyl (C=O) groups is 1. The molecule has 0 radical (unpaired) electrons. The highest BCUT2D eigenvalue weighted by Crippen LogP contribution is 2.13. The van der Waals surface area contributed by atoms with Crippen LogP contribution in [0.4, 0.5) is 0 Å². The first kappa shape index (κ1) is 8.11. The van der Waals surface area contributed by atoms with E-state index in [2.05, 4.69) is 4.90 Å². The maximum atomic E-state index is 10.3. The maximum absolute atomic E-state index is 10.3. The smallest absolute Gasteiger partial charge is 0.330 e. The lowest BCUT2D eigenvalue weighted by Crippen LogP contribution is -2.17. The van der Waals surface area contributed by atoms with Gasteiger partial charge < -0.3 is 10.0 Å². The third-order valence-corrected chi connectivity index (χ3v) is 1.94. The minimum Gasteiger partial charge on any atom is -0.478 e. The second kappa shape index (κ2) is 3.42. The van der Waals surface area contributed by atoms with Gasteiger partial charge in [0.25, 0.3) is 0 Å². The monoisotopic (exact) mass is 155 g/mol. The average molecular weight is 155 g/mol. The van der Waals surface area contributed by atoms with Gasteiger partial charge in [0.2, 0.25) is 0 Å². The van der Waals surface area contributed by atoms with Crippen molar-refractivity contribution >= 4 is 5.97 Å². The number of likely N-dealkylation sites (tertiary alicyclic amines) is 1. The summed E-state index contributed by atoms with van der Waals surface area (Å²) in [6, 6.07) is 0. The van der Waals surface area contributed by atoms with Crippen LogP contribution >= 0.6 is 0 Å². The molecule has 1 fully saturated rings. The molecule has 0 unspecified atom stereocenters. The van der Waals surface area contributed by atoms with Crippen molar-refractivity contribution in [3.05, 3.63) is 11.8 Å². The summed E-state index contributed by atoms with van der Waals surface area (Å²) in [6.07, 6.45) is 3.64. The number of allylic oxidation sites excluding steroid dienone is 1. The Morgan fingerprint density at radius 2 is 2.00 bits per heavy atom. The van der Waals surface area contributed by atoms with Crippen molar-refractivity contribution < 1.29 is 9.90 Å². The lowest BCUT2D eigenvalue weighted by atomic mass is 10.4. The van der Waals surface area contributed by atoms with Gasteiger partial charge in [0.05, 0.1) is 0 Å².